The van der Waals surface area contributed by atoms with E-state index >= 15 is 0 Å². The third kappa shape index (κ3) is 3.02. The standard InChI is InChI=1S/C18H23ClN2O2S/c19-16-10-13-14(9-15(22)17(13)24-16)18(23)21-8-2-1-5-12(21)11-20-6-3-4-7-20/h10,12,14H,1-9,11H2. The molecule has 0 N–H and O–H groups in total. The number of ketones is 1. The molecule has 0 saturated carbocycles. The van der Waals surface area contributed by atoms with Crippen LogP contribution in [0.15, 0.2) is 6.07 Å². The molecule has 1 amide bonds. The number of nitrogens with zero attached hydrogens (tertiary/aromatic N) is 2. The summed E-state index contributed by atoms with van der Waals surface area (Å²) >= 11 is 7.39. The van der Waals surface area contributed by atoms with Gasteiger partial charge in [-0.25, -0.2) is 0 Å². The summed E-state index contributed by atoms with van der Waals surface area (Å²) < 4.78 is 0.609. The lowest BCUT2D eigenvalue weighted by Crippen LogP contribution is -2.50. The van der Waals surface area contributed by atoms with Crippen LogP contribution in [0.2, 0.25) is 4.34 Å². The van der Waals surface area contributed by atoms with Gasteiger partial charge in [-0.2, -0.15) is 0 Å². The highest BCUT2D eigenvalue weighted by molar-refractivity contribution is 7.18. The number of piperidine rings is 1. The van der Waals surface area contributed by atoms with Crippen LogP contribution in [0, 0.1) is 0 Å². The maximum absolute atomic E-state index is 13.2. The van der Waals surface area contributed by atoms with Crippen molar-refractivity contribution in [3.05, 3.63) is 20.8 Å². The monoisotopic (exact) mass is 366 g/mol. The molecule has 3 aliphatic rings. The molecule has 2 saturated heterocycles. The molecular formula is C18H23ClN2O2S. The normalized spacial score (nSPS) is 27.7. The minimum atomic E-state index is -0.310. The first kappa shape index (κ1) is 16.6. The van der Waals surface area contributed by atoms with Crippen LogP contribution < -0.4 is 0 Å². The fourth-order valence-electron chi connectivity index (χ4n) is 4.40. The third-order valence-electron chi connectivity index (χ3n) is 5.62. The van der Waals surface area contributed by atoms with E-state index in [-0.39, 0.29) is 17.6 Å². The van der Waals surface area contributed by atoms with Crippen molar-refractivity contribution in [3.63, 3.8) is 0 Å². The summed E-state index contributed by atoms with van der Waals surface area (Å²) in [6.07, 6.45) is 6.22. The Morgan fingerprint density at radius 2 is 1.96 bits per heavy atom. The van der Waals surface area contributed by atoms with E-state index < -0.39 is 0 Å². The molecule has 24 heavy (non-hydrogen) atoms. The molecule has 6 heteroatoms. The number of amides is 1. The van der Waals surface area contributed by atoms with Crippen LogP contribution in [0.25, 0.3) is 0 Å². The van der Waals surface area contributed by atoms with Crippen molar-refractivity contribution in [3.8, 4) is 0 Å². The lowest BCUT2D eigenvalue weighted by molar-refractivity contribution is -0.136. The fraction of sp³-hybridized carbons (Fsp3) is 0.667. The Hall–Kier alpha value is -0.910. The van der Waals surface area contributed by atoms with E-state index in [0.717, 1.165) is 44.6 Å². The molecule has 2 fully saturated rings. The Kier molecular flexibility index (Phi) is 4.67. The number of thiophene rings is 1. The quantitative estimate of drug-likeness (QED) is 0.821. The zero-order chi connectivity index (χ0) is 16.7. The Morgan fingerprint density at radius 3 is 2.75 bits per heavy atom. The molecule has 0 radical (unpaired) electrons. The first-order chi connectivity index (χ1) is 11.6. The number of carbonyl (C=O) groups is 2. The molecule has 1 aromatic rings. The Morgan fingerprint density at radius 1 is 1.21 bits per heavy atom. The van der Waals surface area contributed by atoms with Crippen molar-refractivity contribution in [2.24, 2.45) is 0 Å². The number of hydrogen-bond acceptors (Lipinski definition) is 4. The smallest absolute Gasteiger partial charge is 0.230 e. The summed E-state index contributed by atoms with van der Waals surface area (Å²) in [6.45, 7) is 4.13. The number of fused-ring (bicyclic) bond motifs is 1. The molecule has 130 valence electrons. The predicted octanol–water partition coefficient (Wildman–Crippen LogP) is 3.55. The van der Waals surface area contributed by atoms with Gasteiger partial charge in [-0.3, -0.25) is 9.59 Å². The summed E-state index contributed by atoms with van der Waals surface area (Å²) in [5, 5.41) is 0. The van der Waals surface area contributed by atoms with Crippen LogP contribution >= 0.6 is 22.9 Å². The number of carbonyl (C=O) groups excluding carboxylic acids is 2. The molecule has 2 aliphatic heterocycles. The van der Waals surface area contributed by atoms with Crippen LogP contribution in [0.4, 0.5) is 0 Å². The van der Waals surface area contributed by atoms with Crippen molar-refractivity contribution >= 4 is 34.6 Å². The van der Waals surface area contributed by atoms with E-state index in [4.69, 9.17) is 11.6 Å². The highest BCUT2D eigenvalue weighted by Gasteiger charge is 2.40. The van der Waals surface area contributed by atoms with Crippen molar-refractivity contribution in [1.82, 2.24) is 9.80 Å². The Labute approximate surface area is 151 Å². The number of hydrogen-bond donors (Lipinski definition) is 0. The van der Waals surface area contributed by atoms with Gasteiger partial charge in [-0.15, -0.1) is 11.3 Å². The van der Waals surface area contributed by atoms with Gasteiger partial charge in [-0.1, -0.05) is 11.6 Å². The highest BCUT2D eigenvalue weighted by atomic mass is 35.5. The van der Waals surface area contributed by atoms with Gasteiger partial charge in [0.15, 0.2) is 5.78 Å². The average molecular weight is 367 g/mol. The lowest BCUT2D eigenvalue weighted by Gasteiger charge is -2.39. The van der Waals surface area contributed by atoms with Gasteiger partial charge in [0.05, 0.1) is 15.1 Å². The van der Waals surface area contributed by atoms with Gasteiger partial charge >= 0.3 is 0 Å². The number of likely N-dealkylation sites (tertiary alicyclic amines) is 2. The number of Topliss-reactive ketones (excluding diaryl/α,β-unsaturated/α-hetero) is 1. The second-order valence-corrected chi connectivity index (χ2v) is 8.89. The second-order valence-electron chi connectivity index (χ2n) is 7.20. The van der Waals surface area contributed by atoms with Crippen LogP contribution in [-0.2, 0) is 4.79 Å². The molecule has 1 aliphatic carbocycles. The molecule has 4 rings (SSSR count). The molecule has 0 aromatic carbocycles. The summed E-state index contributed by atoms with van der Waals surface area (Å²) in [5.41, 5.74) is 0.866. The first-order valence-electron chi connectivity index (χ1n) is 8.99. The summed E-state index contributed by atoms with van der Waals surface area (Å²) in [6, 6.07) is 2.13. The summed E-state index contributed by atoms with van der Waals surface area (Å²) in [5.74, 6) is -0.0933. The molecule has 3 heterocycles. The maximum atomic E-state index is 13.2. The van der Waals surface area contributed by atoms with E-state index in [1.807, 2.05) is 6.07 Å². The molecule has 2 unspecified atom stereocenters. The van der Waals surface area contributed by atoms with E-state index in [1.165, 1.54) is 30.6 Å². The topological polar surface area (TPSA) is 40.6 Å². The van der Waals surface area contributed by atoms with Crippen molar-refractivity contribution in [2.75, 3.05) is 26.2 Å². The SMILES string of the molecule is O=C1CC(C(=O)N2CCCCC2CN2CCCC2)c2cc(Cl)sc21. The van der Waals surface area contributed by atoms with Crippen molar-refractivity contribution in [2.45, 2.75) is 50.5 Å². The molecule has 0 spiro atoms. The van der Waals surface area contributed by atoms with E-state index in [0.29, 0.717) is 21.7 Å². The molecule has 4 nitrogen and oxygen atoms in total. The van der Waals surface area contributed by atoms with Gasteiger partial charge in [0, 0.05) is 25.6 Å². The molecular weight excluding hydrogens is 344 g/mol. The Balaban J connectivity index is 1.52. The third-order valence-corrected chi connectivity index (χ3v) is 6.95. The van der Waals surface area contributed by atoms with Gasteiger partial charge in [0.2, 0.25) is 5.91 Å². The van der Waals surface area contributed by atoms with Gasteiger partial charge in [0.25, 0.3) is 0 Å². The predicted molar refractivity (Wildman–Crippen MR) is 96.0 cm³/mol. The zero-order valence-electron chi connectivity index (χ0n) is 13.8. The van der Waals surface area contributed by atoms with Crippen molar-refractivity contribution < 1.29 is 9.59 Å². The van der Waals surface area contributed by atoms with Crippen molar-refractivity contribution in [1.29, 1.82) is 0 Å². The molecule has 2 atom stereocenters. The summed E-state index contributed by atoms with van der Waals surface area (Å²) in [4.78, 5) is 30.7. The average Bonchev–Trinajstić information content (AvgIpc) is 3.27. The summed E-state index contributed by atoms with van der Waals surface area (Å²) in [7, 11) is 0. The lowest BCUT2D eigenvalue weighted by atomic mass is 9.96. The second kappa shape index (κ2) is 6.77. The van der Waals surface area contributed by atoms with Crippen LogP contribution in [-0.4, -0.2) is 53.7 Å². The highest BCUT2D eigenvalue weighted by Crippen LogP contribution is 2.42. The largest absolute Gasteiger partial charge is 0.338 e. The van der Waals surface area contributed by atoms with Gasteiger partial charge in [0.1, 0.15) is 0 Å². The zero-order valence-corrected chi connectivity index (χ0v) is 15.4. The van der Waals surface area contributed by atoms with Gasteiger partial charge in [-0.05, 0) is 56.8 Å². The van der Waals surface area contributed by atoms with Crippen LogP contribution in [0.5, 0.6) is 0 Å². The van der Waals surface area contributed by atoms with Crippen LogP contribution in [0.3, 0.4) is 0 Å². The minimum Gasteiger partial charge on any atom is -0.338 e. The molecule has 0 bridgehead atoms. The Bertz CT molecular complexity index is 653. The molecule has 1 aromatic heterocycles. The maximum Gasteiger partial charge on any atom is 0.230 e. The first-order valence-corrected chi connectivity index (χ1v) is 10.2. The van der Waals surface area contributed by atoms with Gasteiger partial charge < -0.3 is 9.80 Å². The minimum absolute atomic E-state index is 0.0772. The van der Waals surface area contributed by atoms with E-state index in [9.17, 15) is 9.59 Å². The number of halogens is 1. The number of rotatable bonds is 3. The van der Waals surface area contributed by atoms with E-state index in [1.54, 1.807) is 0 Å². The fourth-order valence-corrected chi connectivity index (χ4v) is 5.65. The van der Waals surface area contributed by atoms with E-state index in [2.05, 4.69) is 9.80 Å². The van der Waals surface area contributed by atoms with Crippen LogP contribution in [0.1, 0.15) is 59.7 Å².